The van der Waals surface area contributed by atoms with Crippen LogP contribution >= 0.6 is 0 Å². The summed E-state index contributed by atoms with van der Waals surface area (Å²) in [5.74, 6) is -0.772. The number of aromatic nitrogens is 4. The molecule has 4 rings (SSSR count). The Morgan fingerprint density at radius 2 is 1.67 bits per heavy atom. The third-order valence-electron chi connectivity index (χ3n) is 5.46. The molecular formula is C24H24FN5O3. The average Bonchev–Trinajstić information content (AvgIpc) is 3.16. The van der Waals surface area contributed by atoms with Crippen LogP contribution < -0.4 is 16.6 Å². The van der Waals surface area contributed by atoms with E-state index < -0.39 is 17.1 Å². The molecule has 0 atom stereocenters. The number of fused-ring (bicyclic) bond motifs is 1. The molecule has 2 heterocycles. The average molecular weight is 449 g/mol. The minimum absolute atomic E-state index is 0.0482. The number of halogens is 1. The van der Waals surface area contributed by atoms with E-state index in [2.05, 4.69) is 10.4 Å². The van der Waals surface area contributed by atoms with E-state index in [0.29, 0.717) is 29.9 Å². The molecule has 9 heteroatoms. The van der Waals surface area contributed by atoms with Crippen molar-refractivity contribution >= 4 is 16.9 Å². The molecule has 0 aliphatic rings. The molecule has 0 spiro atoms. The van der Waals surface area contributed by atoms with Gasteiger partial charge in [0.2, 0.25) is 5.91 Å². The Bertz CT molecular complexity index is 1420. The number of benzene rings is 2. The van der Waals surface area contributed by atoms with Crippen LogP contribution in [-0.4, -0.2) is 24.8 Å². The Labute approximate surface area is 188 Å². The second-order valence-corrected chi connectivity index (χ2v) is 7.75. The number of nitrogens with one attached hydrogen (secondary N) is 1. The Balaban J connectivity index is 1.76. The van der Waals surface area contributed by atoms with Gasteiger partial charge in [0.15, 0.2) is 5.52 Å². The molecule has 0 fully saturated rings. The highest BCUT2D eigenvalue weighted by Gasteiger charge is 2.21. The largest absolute Gasteiger partial charge is 0.350 e. The summed E-state index contributed by atoms with van der Waals surface area (Å²) in [4.78, 5) is 39.4. The minimum Gasteiger partial charge on any atom is -0.350 e. The zero-order valence-corrected chi connectivity index (χ0v) is 18.4. The lowest BCUT2D eigenvalue weighted by Gasteiger charge is -2.13. The van der Waals surface area contributed by atoms with Crippen LogP contribution in [-0.2, 0) is 31.0 Å². The maximum absolute atomic E-state index is 13.4. The summed E-state index contributed by atoms with van der Waals surface area (Å²) < 4.78 is 17.2. The first-order valence-electron chi connectivity index (χ1n) is 10.6. The molecule has 4 aromatic rings. The Morgan fingerprint density at radius 3 is 2.33 bits per heavy atom. The van der Waals surface area contributed by atoms with E-state index in [1.54, 1.807) is 6.92 Å². The van der Waals surface area contributed by atoms with Crippen molar-refractivity contribution in [1.29, 1.82) is 0 Å². The second-order valence-electron chi connectivity index (χ2n) is 7.75. The third-order valence-corrected chi connectivity index (χ3v) is 5.46. The number of amides is 1. The zero-order chi connectivity index (χ0) is 23.5. The maximum atomic E-state index is 13.4. The van der Waals surface area contributed by atoms with Gasteiger partial charge in [0.25, 0.3) is 5.56 Å². The molecule has 0 bridgehead atoms. The standard InChI is InChI=1S/C24H24FN5O3/c1-3-30-22-21(16(2)27-30)28(15-20(31)26-13-17-7-5-4-6-8-17)24(33)29(23(22)32)14-18-9-11-19(25)12-10-18/h4-12H,3,13-15H2,1-2H3,(H,26,31). The monoisotopic (exact) mass is 449 g/mol. The van der Waals surface area contributed by atoms with E-state index in [1.807, 2.05) is 37.3 Å². The lowest BCUT2D eigenvalue weighted by Crippen LogP contribution is -2.43. The Hall–Kier alpha value is -4.01. The lowest BCUT2D eigenvalue weighted by molar-refractivity contribution is -0.121. The molecule has 0 unspecified atom stereocenters. The number of hydrogen-bond acceptors (Lipinski definition) is 4. The first-order chi connectivity index (χ1) is 15.9. The van der Waals surface area contributed by atoms with E-state index in [9.17, 15) is 18.8 Å². The highest BCUT2D eigenvalue weighted by molar-refractivity contribution is 5.81. The van der Waals surface area contributed by atoms with Crippen LogP contribution in [0.1, 0.15) is 23.7 Å². The van der Waals surface area contributed by atoms with Gasteiger partial charge in [-0.15, -0.1) is 0 Å². The molecule has 2 aromatic heterocycles. The van der Waals surface area contributed by atoms with Gasteiger partial charge in [-0.2, -0.15) is 5.10 Å². The summed E-state index contributed by atoms with van der Waals surface area (Å²) >= 11 is 0. The van der Waals surface area contributed by atoms with Gasteiger partial charge >= 0.3 is 5.69 Å². The molecule has 1 N–H and O–H groups in total. The van der Waals surface area contributed by atoms with E-state index in [0.717, 1.165) is 10.1 Å². The van der Waals surface area contributed by atoms with Gasteiger partial charge in [0, 0.05) is 13.1 Å². The van der Waals surface area contributed by atoms with Crippen molar-refractivity contribution in [3.05, 3.63) is 98.1 Å². The molecule has 0 saturated carbocycles. The van der Waals surface area contributed by atoms with E-state index in [-0.39, 0.29) is 24.5 Å². The van der Waals surface area contributed by atoms with Crippen LogP contribution in [0.15, 0.2) is 64.2 Å². The molecule has 170 valence electrons. The van der Waals surface area contributed by atoms with Gasteiger partial charge in [0.1, 0.15) is 17.9 Å². The van der Waals surface area contributed by atoms with Gasteiger partial charge in [-0.3, -0.25) is 23.4 Å². The van der Waals surface area contributed by atoms with Crippen molar-refractivity contribution in [2.24, 2.45) is 0 Å². The molecule has 8 nitrogen and oxygen atoms in total. The van der Waals surface area contributed by atoms with Crippen molar-refractivity contribution in [3.63, 3.8) is 0 Å². The van der Waals surface area contributed by atoms with E-state index >= 15 is 0 Å². The number of hydrogen-bond donors (Lipinski definition) is 1. The van der Waals surface area contributed by atoms with Crippen LogP contribution in [0, 0.1) is 12.7 Å². The topological polar surface area (TPSA) is 90.9 Å². The Kier molecular flexibility index (Phi) is 6.21. The predicted octanol–water partition coefficient (Wildman–Crippen LogP) is 2.19. The second kappa shape index (κ2) is 9.23. The van der Waals surface area contributed by atoms with Crippen molar-refractivity contribution in [1.82, 2.24) is 24.2 Å². The number of carbonyl (C=O) groups is 1. The lowest BCUT2D eigenvalue weighted by atomic mass is 10.2. The smallest absolute Gasteiger partial charge is 0.332 e. The SMILES string of the molecule is CCn1nc(C)c2c1c(=O)n(Cc1ccc(F)cc1)c(=O)n2CC(=O)NCc1ccccc1. The molecule has 0 radical (unpaired) electrons. The van der Waals surface area contributed by atoms with E-state index in [4.69, 9.17) is 0 Å². The highest BCUT2D eigenvalue weighted by Crippen LogP contribution is 2.14. The number of aryl methyl sites for hydroxylation is 2. The van der Waals surface area contributed by atoms with Gasteiger partial charge in [-0.05, 0) is 37.1 Å². The molecule has 33 heavy (non-hydrogen) atoms. The Morgan fingerprint density at radius 1 is 0.970 bits per heavy atom. The third kappa shape index (κ3) is 4.48. The summed E-state index contributed by atoms with van der Waals surface area (Å²) in [7, 11) is 0. The number of rotatable bonds is 7. The first kappa shape index (κ1) is 22.2. The van der Waals surface area contributed by atoms with E-state index in [1.165, 1.54) is 33.5 Å². The summed E-state index contributed by atoms with van der Waals surface area (Å²) in [6.07, 6.45) is 0. The fourth-order valence-corrected chi connectivity index (χ4v) is 3.85. The molecule has 0 aliphatic heterocycles. The molecule has 1 amide bonds. The van der Waals surface area contributed by atoms with Gasteiger partial charge in [-0.1, -0.05) is 42.5 Å². The molecule has 0 saturated heterocycles. The van der Waals surface area contributed by atoms with Crippen molar-refractivity contribution in [3.8, 4) is 0 Å². The fraction of sp³-hybridized carbons (Fsp3) is 0.250. The number of nitrogens with zero attached hydrogens (tertiary/aromatic N) is 4. The van der Waals surface area contributed by atoms with Crippen LogP contribution in [0.25, 0.3) is 11.0 Å². The molecule has 0 aliphatic carbocycles. The van der Waals surface area contributed by atoms with Gasteiger partial charge in [-0.25, -0.2) is 9.18 Å². The summed E-state index contributed by atoms with van der Waals surface area (Å²) in [6, 6.07) is 15.0. The highest BCUT2D eigenvalue weighted by atomic mass is 19.1. The quantitative estimate of drug-likeness (QED) is 0.468. The van der Waals surface area contributed by atoms with Crippen LogP contribution in [0.5, 0.6) is 0 Å². The fourth-order valence-electron chi connectivity index (χ4n) is 3.85. The van der Waals surface area contributed by atoms with Crippen molar-refractivity contribution in [2.75, 3.05) is 0 Å². The maximum Gasteiger partial charge on any atom is 0.332 e. The normalized spacial score (nSPS) is 11.1. The molecule has 2 aromatic carbocycles. The summed E-state index contributed by atoms with van der Waals surface area (Å²) in [5, 5.41) is 7.21. The van der Waals surface area contributed by atoms with Gasteiger partial charge in [0.05, 0.1) is 12.2 Å². The predicted molar refractivity (Wildman–Crippen MR) is 122 cm³/mol. The zero-order valence-electron chi connectivity index (χ0n) is 18.4. The summed E-state index contributed by atoms with van der Waals surface area (Å²) in [6.45, 7) is 3.98. The molecular weight excluding hydrogens is 425 g/mol. The van der Waals surface area contributed by atoms with Crippen molar-refractivity contribution < 1.29 is 9.18 Å². The summed E-state index contributed by atoms with van der Waals surface area (Å²) in [5.41, 5.74) is 1.50. The van der Waals surface area contributed by atoms with Crippen molar-refractivity contribution in [2.45, 2.75) is 40.0 Å². The number of carbonyl (C=O) groups excluding carboxylic acids is 1. The first-order valence-corrected chi connectivity index (χ1v) is 10.6. The van der Waals surface area contributed by atoms with Crippen LogP contribution in [0.3, 0.4) is 0 Å². The van der Waals surface area contributed by atoms with Crippen LogP contribution in [0.4, 0.5) is 4.39 Å². The van der Waals surface area contributed by atoms with Crippen LogP contribution in [0.2, 0.25) is 0 Å². The minimum atomic E-state index is -0.620. The van der Waals surface area contributed by atoms with Gasteiger partial charge < -0.3 is 5.32 Å².